The van der Waals surface area contributed by atoms with E-state index in [1.807, 2.05) is 6.07 Å². The average Bonchev–Trinajstić information content (AvgIpc) is 3.08. The number of aliphatic hydroxyl groups is 1. The first-order valence-corrected chi connectivity index (χ1v) is 7.72. The van der Waals surface area contributed by atoms with Crippen LogP contribution in [0, 0.1) is 0 Å². The quantitative estimate of drug-likeness (QED) is 0.712. The van der Waals surface area contributed by atoms with Crippen molar-refractivity contribution in [2.24, 2.45) is 0 Å². The van der Waals surface area contributed by atoms with Crippen LogP contribution in [-0.4, -0.2) is 43.6 Å². The maximum atomic E-state index is 10.4. The summed E-state index contributed by atoms with van der Waals surface area (Å²) < 4.78 is 6.72. The molecule has 8 heteroatoms. The number of fused-ring (bicyclic) bond motifs is 1. The molecule has 0 spiro atoms. The highest BCUT2D eigenvalue weighted by Crippen LogP contribution is 2.21. The largest absolute Gasteiger partial charge is 0.481 e. The van der Waals surface area contributed by atoms with Crippen LogP contribution in [0.2, 0.25) is 0 Å². The van der Waals surface area contributed by atoms with Gasteiger partial charge >= 0.3 is 0 Å². The van der Waals surface area contributed by atoms with E-state index >= 15 is 0 Å². The lowest BCUT2D eigenvalue weighted by molar-refractivity contribution is 0.185. The fourth-order valence-electron chi connectivity index (χ4n) is 2.30. The van der Waals surface area contributed by atoms with Gasteiger partial charge in [0, 0.05) is 12.6 Å². The average molecular weight is 328 g/mol. The van der Waals surface area contributed by atoms with E-state index in [0.717, 1.165) is 11.4 Å². The Morgan fingerprint density at radius 3 is 2.88 bits per heavy atom. The summed E-state index contributed by atoms with van der Waals surface area (Å²) >= 11 is 0. The Bertz CT molecular complexity index is 832. The van der Waals surface area contributed by atoms with Crippen molar-refractivity contribution in [1.82, 2.24) is 24.8 Å². The summed E-state index contributed by atoms with van der Waals surface area (Å²) in [6, 6.07) is 7.22. The van der Waals surface area contributed by atoms with Gasteiger partial charge in [0.05, 0.1) is 24.2 Å². The van der Waals surface area contributed by atoms with E-state index in [4.69, 9.17) is 4.74 Å². The molecule has 3 aromatic heterocycles. The number of aromatic nitrogens is 5. The highest BCUT2D eigenvalue weighted by molar-refractivity contribution is 5.66. The van der Waals surface area contributed by atoms with Crippen molar-refractivity contribution in [3.63, 3.8) is 0 Å². The summed E-state index contributed by atoms with van der Waals surface area (Å²) in [5.74, 6) is 0.736. The maximum Gasteiger partial charge on any atom is 0.213 e. The molecule has 0 fully saturated rings. The predicted octanol–water partition coefficient (Wildman–Crippen LogP) is 1.80. The van der Waals surface area contributed by atoms with Crippen LogP contribution in [0.4, 0.5) is 5.69 Å². The van der Waals surface area contributed by atoms with Gasteiger partial charge in [-0.1, -0.05) is 19.9 Å². The topological polar surface area (TPSA) is 97.5 Å². The number of nitrogens with one attached hydrogen (secondary N) is 1. The summed E-state index contributed by atoms with van der Waals surface area (Å²) in [5.41, 5.74) is 2.84. The molecular weight excluding hydrogens is 308 g/mol. The fraction of sp³-hybridized carbons (Fsp3) is 0.375. The Hall–Kier alpha value is -2.74. The van der Waals surface area contributed by atoms with Crippen LogP contribution in [0.1, 0.15) is 37.3 Å². The fourth-order valence-corrected chi connectivity index (χ4v) is 2.30. The first-order valence-electron chi connectivity index (χ1n) is 7.72. The summed E-state index contributed by atoms with van der Waals surface area (Å²) in [6.07, 6.45) is 0.783. The summed E-state index contributed by atoms with van der Waals surface area (Å²) in [5, 5.41) is 26.0. The summed E-state index contributed by atoms with van der Waals surface area (Å²) in [7, 11) is 1.54. The second kappa shape index (κ2) is 6.79. The van der Waals surface area contributed by atoms with Crippen LogP contribution in [0.3, 0.4) is 0 Å². The van der Waals surface area contributed by atoms with Crippen molar-refractivity contribution < 1.29 is 9.84 Å². The number of rotatable bonds is 6. The third-order valence-electron chi connectivity index (χ3n) is 3.66. The van der Waals surface area contributed by atoms with E-state index in [1.54, 1.807) is 36.2 Å². The second-order valence-corrected chi connectivity index (χ2v) is 5.74. The van der Waals surface area contributed by atoms with E-state index in [9.17, 15) is 5.11 Å². The molecular formula is C16H20N6O2. The number of nitrogens with zero attached hydrogens (tertiary/aromatic N) is 5. The maximum absolute atomic E-state index is 10.4. The lowest BCUT2D eigenvalue weighted by Gasteiger charge is -2.14. The van der Waals surface area contributed by atoms with Gasteiger partial charge in [-0.05, 0) is 18.1 Å². The Morgan fingerprint density at radius 2 is 2.12 bits per heavy atom. The molecule has 126 valence electrons. The molecule has 1 atom stereocenters. The van der Waals surface area contributed by atoms with Gasteiger partial charge in [0.1, 0.15) is 12.4 Å². The number of hydrogen-bond donors (Lipinski definition) is 2. The molecule has 3 heterocycles. The molecule has 0 bridgehead atoms. The van der Waals surface area contributed by atoms with Crippen molar-refractivity contribution in [1.29, 1.82) is 0 Å². The van der Waals surface area contributed by atoms with Crippen LogP contribution in [0.5, 0.6) is 5.88 Å². The Balaban J connectivity index is 1.80. The molecule has 0 aromatic carbocycles. The molecule has 0 radical (unpaired) electrons. The summed E-state index contributed by atoms with van der Waals surface area (Å²) in [6.45, 7) is 4.42. The summed E-state index contributed by atoms with van der Waals surface area (Å²) in [4.78, 5) is 4.24. The highest BCUT2D eigenvalue weighted by Gasteiger charge is 2.14. The lowest BCUT2D eigenvalue weighted by Crippen LogP contribution is -2.15. The van der Waals surface area contributed by atoms with Gasteiger partial charge in [-0.25, -0.2) is 4.98 Å². The number of ether oxygens (including phenoxy) is 1. The van der Waals surface area contributed by atoms with Gasteiger partial charge in [0.15, 0.2) is 0 Å². The molecule has 0 aliphatic heterocycles. The van der Waals surface area contributed by atoms with Crippen LogP contribution in [0.25, 0.3) is 5.65 Å². The van der Waals surface area contributed by atoms with Crippen molar-refractivity contribution in [3.05, 3.63) is 42.0 Å². The molecule has 1 unspecified atom stereocenters. The Morgan fingerprint density at radius 1 is 1.29 bits per heavy atom. The third kappa shape index (κ3) is 3.28. The molecule has 0 aliphatic rings. The van der Waals surface area contributed by atoms with Gasteiger partial charge < -0.3 is 15.2 Å². The standard InChI is InChI=1S/C16H20N6O2/c1-10(2)12-7-13(16-20-18-9-22(16)21-12)17-8-14(23)11-5-4-6-15(19-11)24-3/h4-7,9-10,14,17,23H,8H2,1-3H3. The van der Waals surface area contributed by atoms with Crippen molar-refractivity contribution in [2.75, 3.05) is 19.0 Å². The van der Waals surface area contributed by atoms with Gasteiger partial charge in [-0.2, -0.15) is 9.61 Å². The monoisotopic (exact) mass is 328 g/mol. The number of anilines is 1. The molecule has 2 N–H and O–H groups in total. The first-order chi connectivity index (χ1) is 11.6. The molecule has 24 heavy (non-hydrogen) atoms. The van der Waals surface area contributed by atoms with Crippen LogP contribution in [-0.2, 0) is 0 Å². The normalized spacial score (nSPS) is 12.5. The molecule has 0 saturated heterocycles. The number of aliphatic hydroxyl groups excluding tert-OH is 1. The molecule has 0 saturated carbocycles. The van der Waals surface area contributed by atoms with Crippen molar-refractivity contribution >= 4 is 11.3 Å². The van der Waals surface area contributed by atoms with Crippen LogP contribution < -0.4 is 10.1 Å². The second-order valence-electron chi connectivity index (χ2n) is 5.74. The zero-order chi connectivity index (χ0) is 17.1. The van der Waals surface area contributed by atoms with Crippen molar-refractivity contribution in [3.8, 4) is 5.88 Å². The Labute approximate surface area is 139 Å². The van der Waals surface area contributed by atoms with Gasteiger partial charge in [-0.3, -0.25) is 0 Å². The molecule has 0 amide bonds. The van der Waals surface area contributed by atoms with Crippen LogP contribution in [0.15, 0.2) is 30.6 Å². The predicted molar refractivity (Wildman–Crippen MR) is 89.1 cm³/mol. The minimum atomic E-state index is -0.779. The molecule has 3 aromatic rings. The lowest BCUT2D eigenvalue weighted by atomic mass is 10.1. The van der Waals surface area contributed by atoms with Gasteiger partial charge in [-0.15, -0.1) is 10.2 Å². The molecule has 3 rings (SSSR count). The van der Waals surface area contributed by atoms with E-state index in [-0.39, 0.29) is 12.5 Å². The van der Waals surface area contributed by atoms with Crippen LogP contribution >= 0.6 is 0 Å². The van der Waals surface area contributed by atoms with E-state index < -0.39 is 6.10 Å². The number of methoxy groups -OCH3 is 1. The van der Waals surface area contributed by atoms with Crippen molar-refractivity contribution in [2.45, 2.75) is 25.9 Å². The van der Waals surface area contributed by atoms with E-state index in [1.165, 1.54) is 0 Å². The van der Waals surface area contributed by atoms with Gasteiger partial charge in [0.25, 0.3) is 0 Å². The molecule has 8 nitrogen and oxygen atoms in total. The zero-order valence-electron chi connectivity index (χ0n) is 13.8. The first kappa shape index (κ1) is 16.1. The Kier molecular flexibility index (Phi) is 4.57. The minimum absolute atomic E-state index is 0.266. The smallest absolute Gasteiger partial charge is 0.213 e. The zero-order valence-corrected chi connectivity index (χ0v) is 13.8. The number of hydrogen-bond acceptors (Lipinski definition) is 7. The highest BCUT2D eigenvalue weighted by atomic mass is 16.5. The minimum Gasteiger partial charge on any atom is -0.481 e. The third-order valence-corrected chi connectivity index (χ3v) is 3.66. The SMILES string of the molecule is COc1cccc(C(O)CNc2cc(C(C)C)nn3cnnc23)n1. The molecule has 0 aliphatic carbocycles. The van der Waals surface area contributed by atoms with E-state index in [2.05, 4.69) is 39.4 Å². The van der Waals surface area contributed by atoms with E-state index in [0.29, 0.717) is 17.2 Å². The van der Waals surface area contributed by atoms with Gasteiger partial charge in [0.2, 0.25) is 11.5 Å². The number of pyridine rings is 1.